The third-order valence-electron chi connectivity index (χ3n) is 5.97. The van der Waals surface area contributed by atoms with Gasteiger partial charge in [0.25, 0.3) is 0 Å². The zero-order chi connectivity index (χ0) is 24.0. The Balaban J connectivity index is 0.000000451. The minimum atomic E-state index is -5.08. The molecule has 1 N–H and O–H groups in total. The van der Waals surface area contributed by atoms with Gasteiger partial charge in [-0.2, -0.15) is 13.2 Å². The van der Waals surface area contributed by atoms with Crippen molar-refractivity contribution in [2.24, 2.45) is 5.92 Å². The molecule has 2 heterocycles. The maximum absolute atomic E-state index is 11.6. The minimum absolute atomic E-state index is 0.0508. The standard InChI is InChI=1S/C19H29NO4S.C2HF3O2/c1-23-13-7-17-8-14-24-19(17)9-11-20(12-10-19)15-16-3-5-18(6-4-16)25(2,21)22;3-2(4,5)1(6)7/h3-6,17H,7-15H2,1-2H3;(H,6,7). The fourth-order valence-corrected chi connectivity index (χ4v) is 4.83. The van der Waals surface area contributed by atoms with Crippen LogP contribution < -0.4 is 0 Å². The number of nitrogens with zero attached hydrogens (tertiary/aromatic N) is 1. The molecule has 2 aliphatic heterocycles. The van der Waals surface area contributed by atoms with E-state index in [2.05, 4.69) is 4.90 Å². The van der Waals surface area contributed by atoms with Crippen LogP contribution in [-0.4, -0.2) is 75.8 Å². The van der Waals surface area contributed by atoms with E-state index in [1.165, 1.54) is 6.26 Å². The van der Waals surface area contributed by atoms with Crippen LogP contribution in [0.15, 0.2) is 29.2 Å². The summed E-state index contributed by atoms with van der Waals surface area (Å²) in [6.07, 6.45) is 0.541. The van der Waals surface area contributed by atoms with Crippen molar-refractivity contribution in [1.82, 2.24) is 4.90 Å². The Morgan fingerprint density at radius 2 is 1.81 bits per heavy atom. The number of halogens is 3. The first-order valence-electron chi connectivity index (χ1n) is 10.3. The summed E-state index contributed by atoms with van der Waals surface area (Å²) in [6, 6.07) is 7.26. The van der Waals surface area contributed by atoms with Gasteiger partial charge < -0.3 is 14.6 Å². The maximum Gasteiger partial charge on any atom is 0.490 e. The molecule has 1 atom stereocenters. The van der Waals surface area contributed by atoms with Gasteiger partial charge >= 0.3 is 12.1 Å². The largest absolute Gasteiger partial charge is 0.490 e. The van der Waals surface area contributed by atoms with E-state index >= 15 is 0 Å². The van der Waals surface area contributed by atoms with Crippen molar-refractivity contribution in [2.45, 2.75) is 48.9 Å². The van der Waals surface area contributed by atoms with Crippen LogP contribution in [0.4, 0.5) is 13.2 Å². The number of methoxy groups -OCH3 is 1. The quantitative estimate of drug-likeness (QED) is 0.667. The molecule has 32 heavy (non-hydrogen) atoms. The number of aliphatic carboxylic acids is 1. The summed E-state index contributed by atoms with van der Waals surface area (Å²) >= 11 is 0. The lowest BCUT2D eigenvalue weighted by molar-refractivity contribution is -0.192. The number of hydrogen-bond acceptors (Lipinski definition) is 6. The Morgan fingerprint density at radius 3 is 2.28 bits per heavy atom. The molecule has 1 unspecified atom stereocenters. The van der Waals surface area contributed by atoms with E-state index in [1.807, 2.05) is 12.1 Å². The second kappa shape index (κ2) is 11.0. The maximum atomic E-state index is 11.6. The van der Waals surface area contributed by atoms with Crippen LogP contribution in [0, 0.1) is 5.92 Å². The van der Waals surface area contributed by atoms with Gasteiger partial charge in [0.1, 0.15) is 0 Å². The van der Waals surface area contributed by atoms with E-state index < -0.39 is 22.0 Å². The number of sulfone groups is 1. The fraction of sp³-hybridized carbons (Fsp3) is 0.667. The molecule has 0 radical (unpaired) electrons. The smallest absolute Gasteiger partial charge is 0.475 e. The van der Waals surface area contributed by atoms with Crippen LogP contribution in [0.25, 0.3) is 0 Å². The number of carboxylic acid groups (broad SMARTS) is 1. The van der Waals surface area contributed by atoms with E-state index in [9.17, 15) is 21.6 Å². The zero-order valence-electron chi connectivity index (χ0n) is 18.2. The first-order valence-corrected chi connectivity index (χ1v) is 12.2. The van der Waals surface area contributed by atoms with Crippen LogP contribution in [0.1, 0.15) is 31.2 Å². The number of rotatable bonds is 6. The number of piperidine rings is 1. The molecular weight excluding hydrogens is 451 g/mol. The Kier molecular flexibility index (Phi) is 9.09. The van der Waals surface area contributed by atoms with Crippen molar-refractivity contribution in [3.05, 3.63) is 29.8 Å². The normalized spacial score (nSPS) is 21.2. The van der Waals surface area contributed by atoms with Gasteiger partial charge in [0, 0.05) is 46.2 Å². The van der Waals surface area contributed by atoms with Crippen molar-refractivity contribution < 1.29 is 41.0 Å². The van der Waals surface area contributed by atoms with Crippen molar-refractivity contribution in [2.75, 3.05) is 39.7 Å². The Morgan fingerprint density at radius 1 is 1.25 bits per heavy atom. The predicted octanol–water partition coefficient (Wildman–Crippen LogP) is 3.13. The summed E-state index contributed by atoms with van der Waals surface area (Å²) in [7, 11) is -1.36. The number of likely N-dealkylation sites (tertiary alicyclic amines) is 1. The van der Waals surface area contributed by atoms with Crippen LogP contribution in [0.5, 0.6) is 0 Å². The second-order valence-electron chi connectivity index (χ2n) is 8.18. The third-order valence-corrected chi connectivity index (χ3v) is 7.10. The van der Waals surface area contributed by atoms with Gasteiger partial charge in [-0.15, -0.1) is 0 Å². The number of alkyl halides is 3. The fourth-order valence-electron chi connectivity index (χ4n) is 4.20. The molecule has 7 nitrogen and oxygen atoms in total. The summed E-state index contributed by atoms with van der Waals surface area (Å²) < 4.78 is 66.3. The molecule has 0 saturated carbocycles. The minimum Gasteiger partial charge on any atom is -0.475 e. The third kappa shape index (κ3) is 7.43. The molecule has 2 fully saturated rings. The van der Waals surface area contributed by atoms with Crippen molar-refractivity contribution in [3.8, 4) is 0 Å². The average molecular weight is 482 g/mol. The van der Waals surface area contributed by atoms with Crippen LogP contribution in [0.2, 0.25) is 0 Å². The molecule has 3 rings (SSSR count). The molecule has 0 amide bonds. The summed E-state index contributed by atoms with van der Waals surface area (Å²) in [4.78, 5) is 11.7. The Hall–Kier alpha value is -1.69. The molecule has 2 saturated heterocycles. The highest BCUT2D eigenvalue weighted by molar-refractivity contribution is 7.90. The highest BCUT2D eigenvalue weighted by atomic mass is 32.2. The van der Waals surface area contributed by atoms with Crippen LogP contribution in [-0.2, 0) is 30.7 Å². The van der Waals surface area contributed by atoms with Gasteiger partial charge in [0.05, 0.1) is 10.5 Å². The summed E-state index contributed by atoms with van der Waals surface area (Å²) in [6.45, 7) is 4.60. The summed E-state index contributed by atoms with van der Waals surface area (Å²) in [5.74, 6) is -2.14. The van der Waals surface area contributed by atoms with E-state index in [0.29, 0.717) is 10.8 Å². The van der Waals surface area contributed by atoms with Gasteiger partial charge in [-0.1, -0.05) is 12.1 Å². The molecule has 0 aliphatic carbocycles. The van der Waals surface area contributed by atoms with E-state index in [-0.39, 0.29) is 5.60 Å². The zero-order valence-corrected chi connectivity index (χ0v) is 19.0. The topological polar surface area (TPSA) is 93.1 Å². The number of benzene rings is 1. The Labute approximate surface area is 186 Å². The van der Waals surface area contributed by atoms with Gasteiger partial charge in [-0.25, -0.2) is 13.2 Å². The summed E-state index contributed by atoms with van der Waals surface area (Å²) in [5, 5.41) is 7.12. The lowest BCUT2D eigenvalue weighted by Gasteiger charge is -2.42. The molecule has 1 aromatic carbocycles. The highest BCUT2D eigenvalue weighted by Crippen LogP contribution is 2.42. The van der Waals surface area contributed by atoms with Crippen LogP contribution >= 0.6 is 0 Å². The first kappa shape index (κ1) is 26.6. The number of hydrogen-bond donors (Lipinski definition) is 1. The van der Waals surface area contributed by atoms with E-state index in [4.69, 9.17) is 19.4 Å². The molecule has 11 heteroatoms. The van der Waals surface area contributed by atoms with Gasteiger partial charge in [0.2, 0.25) is 0 Å². The number of carboxylic acids is 1. The van der Waals surface area contributed by atoms with Gasteiger partial charge in [0.15, 0.2) is 9.84 Å². The second-order valence-corrected chi connectivity index (χ2v) is 10.2. The SMILES string of the molecule is COCCC1CCOC12CCN(Cc1ccc(S(C)(=O)=O)cc1)CC2.O=C(O)C(F)(F)F. The van der Waals surface area contributed by atoms with Crippen molar-refractivity contribution >= 4 is 15.8 Å². The number of ether oxygens (including phenoxy) is 2. The monoisotopic (exact) mass is 481 g/mol. The van der Waals surface area contributed by atoms with Crippen LogP contribution in [0.3, 0.4) is 0 Å². The summed E-state index contributed by atoms with van der Waals surface area (Å²) in [5.41, 5.74) is 1.21. The molecule has 1 aromatic rings. The predicted molar refractivity (Wildman–Crippen MR) is 111 cm³/mol. The molecule has 182 valence electrons. The highest BCUT2D eigenvalue weighted by Gasteiger charge is 2.45. The molecule has 0 aromatic heterocycles. The lowest BCUT2D eigenvalue weighted by Crippen LogP contribution is -2.47. The van der Waals surface area contributed by atoms with E-state index in [0.717, 1.165) is 64.1 Å². The van der Waals surface area contributed by atoms with Crippen molar-refractivity contribution in [1.29, 1.82) is 0 Å². The van der Waals surface area contributed by atoms with Crippen molar-refractivity contribution in [3.63, 3.8) is 0 Å². The molecular formula is C21H30F3NO6S. The average Bonchev–Trinajstić information content (AvgIpc) is 3.09. The van der Waals surface area contributed by atoms with E-state index in [1.54, 1.807) is 19.2 Å². The number of carbonyl (C=O) groups is 1. The molecule has 0 bridgehead atoms. The van der Waals surface area contributed by atoms with Gasteiger partial charge in [-0.3, -0.25) is 4.90 Å². The lowest BCUT2D eigenvalue weighted by atomic mass is 9.78. The molecule has 2 aliphatic rings. The Bertz CT molecular complexity index is 849. The van der Waals surface area contributed by atoms with Gasteiger partial charge in [-0.05, 0) is 49.3 Å². The molecule has 1 spiro atoms. The first-order chi connectivity index (χ1) is 14.9.